The number of carbonyl (C=O) groups excluding carboxylic acids is 2. The maximum Gasteiger partial charge on any atom is 0.471 e. The van der Waals surface area contributed by atoms with E-state index in [2.05, 4.69) is 5.32 Å². The van der Waals surface area contributed by atoms with Crippen molar-refractivity contribution < 1.29 is 22.8 Å². The largest absolute Gasteiger partial charge is 0.471 e. The van der Waals surface area contributed by atoms with Gasteiger partial charge < -0.3 is 10.2 Å². The first kappa shape index (κ1) is 17.5. The summed E-state index contributed by atoms with van der Waals surface area (Å²) in [5.74, 6) is -2.26. The zero-order valence-corrected chi connectivity index (χ0v) is 12.8. The number of amides is 2. The van der Waals surface area contributed by atoms with Gasteiger partial charge in [0.05, 0.1) is 0 Å². The molecule has 0 saturated carbocycles. The van der Waals surface area contributed by atoms with Crippen LogP contribution in [0.25, 0.3) is 0 Å². The second-order valence-electron chi connectivity index (χ2n) is 4.91. The van der Waals surface area contributed by atoms with E-state index in [9.17, 15) is 22.8 Å². The van der Waals surface area contributed by atoms with Crippen LogP contribution in [-0.2, 0) is 4.79 Å². The zero-order valence-electron chi connectivity index (χ0n) is 12.8. The Kier molecular flexibility index (Phi) is 5.23. The number of nitrogens with one attached hydrogen (secondary N) is 1. The fourth-order valence-electron chi connectivity index (χ4n) is 2.11. The van der Waals surface area contributed by atoms with E-state index in [0.717, 1.165) is 0 Å². The number of nitrogens with zero attached hydrogens (tertiary/aromatic N) is 1. The second kappa shape index (κ2) is 7.16. The van der Waals surface area contributed by atoms with Gasteiger partial charge in [0.2, 0.25) is 0 Å². The van der Waals surface area contributed by atoms with Gasteiger partial charge in [-0.1, -0.05) is 18.2 Å². The second-order valence-corrected chi connectivity index (χ2v) is 4.91. The molecule has 4 nitrogen and oxygen atoms in total. The number of rotatable bonds is 4. The summed E-state index contributed by atoms with van der Waals surface area (Å²) >= 11 is 0. The van der Waals surface area contributed by atoms with Gasteiger partial charge in [0, 0.05) is 23.5 Å². The molecule has 2 aromatic rings. The van der Waals surface area contributed by atoms with Crippen molar-refractivity contribution in [2.75, 3.05) is 16.8 Å². The molecule has 0 bridgehead atoms. The van der Waals surface area contributed by atoms with Crippen molar-refractivity contribution in [1.29, 1.82) is 0 Å². The summed E-state index contributed by atoms with van der Waals surface area (Å²) in [6.07, 6.45) is -4.93. The van der Waals surface area contributed by atoms with Crippen LogP contribution in [0.4, 0.5) is 24.5 Å². The molecule has 0 aliphatic rings. The minimum atomic E-state index is -4.93. The van der Waals surface area contributed by atoms with E-state index in [1.807, 2.05) is 0 Å². The van der Waals surface area contributed by atoms with E-state index < -0.39 is 12.1 Å². The normalized spacial score (nSPS) is 11.0. The van der Waals surface area contributed by atoms with Gasteiger partial charge in [-0.3, -0.25) is 9.59 Å². The number of carbonyl (C=O) groups is 2. The first-order chi connectivity index (χ1) is 11.3. The maximum atomic E-state index is 12.6. The summed E-state index contributed by atoms with van der Waals surface area (Å²) < 4.78 is 37.7. The van der Waals surface area contributed by atoms with Gasteiger partial charge in [-0.05, 0) is 43.3 Å². The molecule has 7 heteroatoms. The van der Waals surface area contributed by atoms with Crippen LogP contribution in [0, 0.1) is 0 Å². The van der Waals surface area contributed by atoms with Gasteiger partial charge in [-0.2, -0.15) is 13.2 Å². The summed E-state index contributed by atoms with van der Waals surface area (Å²) in [4.78, 5) is 24.0. The highest BCUT2D eigenvalue weighted by Crippen LogP contribution is 2.25. The molecule has 0 fully saturated rings. The Labute approximate surface area is 136 Å². The molecule has 0 atom stereocenters. The first-order valence-electron chi connectivity index (χ1n) is 7.18. The van der Waals surface area contributed by atoms with E-state index >= 15 is 0 Å². The third-order valence-corrected chi connectivity index (χ3v) is 3.28. The fourth-order valence-corrected chi connectivity index (χ4v) is 2.11. The smallest absolute Gasteiger partial charge is 0.322 e. The van der Waals surface area contributed by atoms with Gasteiger partial charge in [-0.15, -0.1) is 0 Å². The Balaban J connectivity index is 2.12. The molecule has 126 valence electrons. The predicted molar refractivity (Wildman–Crippen MR) is 84.9 cm³/mol. The van der Waals surface area contributed by atoms with Crippen LogP contribution >= 0.6 is 0 Å². The zero-order chi connectivity index (χ0) is 17.7. The summed E-state index contributed by atoms with van der Waals surface area (Å²) in [5.41, 5.74) is 0.990. The van der Waals surface area contributed by atoms with Gasteiger partial charge in [-0.25, -0.2) is 0 Å². The van der Waals surface area contributed by atoms with E-state index in [-0.39, 0.29) is 18.1 Å². The van der Waals surface area contributed by atoms with Crippen molar-refractivity contribution >= 4 is 23.2 Å². The molecule has 0 unspecified atom stereocenters. The Hall–Kier alpha value is -2.83. The Morgan fingerprint density at radius 2 is 1.58 bits per heavy atom. The third-order valence-electron chi connectivity index (χ3n) is 3.28. The molecule has 2 aromatic carbocycles. The molecule has 0 saturated heterocycles. The Morgan fingerprint density at radius 3 is 2.08 bits per heavy atom. The van der Waals surface area contributed by atoms with Crippen LogP contribution < -0.4 is 10.2 Å². The number of halogens is 3. The van der Waals surface area contributed by atoms with Crippen molar-refractivity contribution in [3.63, 3.8) is 0 Å². The van der Waals surface area contributed by atoms with E-state index in [4.69, 9.17) is 0 Å². The lowest BCUT2D eigenvalue weighted by molar-refractivity contribution is -0.170. The monoisotopic (exact) mass is 336 g/mol. The average Bonchev–Trinajstić information content (AvgIpc) is 2.57. The average molecular weight is 336 g/mol. The number of benzene rings is 2. The van der Waals surface area contributed by atoms with Crippen molar-refractivity contribution in [3.8, 4) is 0 Å². The predicted octanol–water partition coefficient (Wildman–Crippen LogP) is 3.85. The maximum absolute atomic E-state index is 12.6. The van der Waals surface area contributed by atoms with Crippen molar-refractivity contribution in [1.82, 2.24) is 0 Å². The number of hydrogen-bond acceptors (Lipinski definition) is 2. The molecular weight excluding hydrogens is 321 g/mol. The molecule has 0 radical (unpaired) electrons. The van der Waals surface area contributed by atoms with Crippen LogP contribution in [0.3, 0.4) is 0 Å². The van der Waals surface area contributed by atoms with Crippen molar-refractivity contribution in [3.05, 3.63) is 60.2 Å². The van der Waals surface area contributed by atoms with Crippen LogP contribution in [0.15, 0.2) is 54.6 Å². The van der Waals surface area contributed by atoms with Gasteiger partial charge in [0.1, 0.15) is 0 Å². The molecule has 1 N–H and O–H groups in total. The van der Waals surface area contributed by atoms with Gasteiger partial charge in [0.25, 0.3) is 5.91 Å². The highest BCUT2D eigenvalue weighted by molar-refractivity contribution is 6.04. The quantitative estimate of drug-likeness (QED) is 0.922. The molecular formula is C17H15F3N2O2. The fraction of sp³-hybridized carbons (Fsp3) is 0.176. The molecule has 2 rings (SSSR count). The van der Waals surface area contributed by atoms with Crippen molar-refractivity contribution in [2.24, 2.45) is 0 Å². The Morgan fingerprint density at radius 1 is 1.00 bits per heavy atom. The van der Waals surface area contributed by atoms with E-state index in [1.54, 1.807) is 30.3 Å². The lowest BCUT2D eigenvalue weighted by Crippen LogP contribution is -2.41. The van der Waals surface area contributed by atoms with Crippen LogP contribution in [0.1, 0.15) is 17.3 Å². The van der Waals surface area contributed by atoms with Crippen molar-refractivity contribution in [2.45, 2.75) is 13.1 Å². The van der Waals surface area contributed by atoms with E-state index in [0.29, 0.717) is 16.2 Å². The Bertz CT molecular complexity index is 713. The molecule has 2 amide bonds. The van der Waals surface area contributed by atoms with Gasteiger partial charge >= 0.3 is 12.1 Å². The molecule has 0 spiro atoms. The SMILES string of the molecule is CCN(C(=O)C(F)(F)F)c1ccc(NC(=O)c2ccccc2)cc1. The lowest BCUT2D eigenvalue weighted by atomic mass is 10.2. The van der Waals surface area contributed by atoms with E-state index in [1.165, 1.54) is 31.2 Å². The lowest BCUT2D eigenvalue weighted by Gasteiger charge is -2.22. The van der Waals surface area contributed by atoms with Crippen LogP contribution in [-0.4, -0.2) is 24.5 Å². The molecule has 0 aliphatic carbocycles. The standard InChI is InChI=1S/C17H15F3N2O2/c1-2-22(16(24)17(18,19)20)14-10-8-13(9-11-14)21-15(23)12-6-4-3-5-7-12/h3-11H,2H2,1H3,(H,21,23). The molecule has 24 heavy (non-hydrogen) atoms. The molecule has 0 aliphatic heterocycles. The summed E-state index contributed by atoms with van der Waals surface area (Å²) in [5, 5.41) is 2.64. The topological polar surface area (TPSA) is 49.4 Å². The summed E-state index contributed by atoms with van der Waals surface area (Å²) in [6.45, 7) is 1.34. The highest BCUT2D eigenvalue weighted by atomic mass is 19.4. The minimum Gasteiger partial charge on any atom is -0.322 e. The summed E-state index contributed by atoms with van der Waals surface area (Å²) in [7, 11) is 0. The number of hydrogen-bond donors (Lipinski definition) is 1. The first-order valence-corrected chi connectivity index (χ1v) is 7.18. The summed E-state index contributed by atoms with van der Waals surface area (Å²) in [6, 6.07) is 14.1. The molecule has 0 aromatic heterocycles. The molecule has 0 heterocycles. The van der Waals surface area contributed by atoms with Gasteiger partial charge in [0.15, 0.2) is 0 Å². The highest BCUT2D eigenvalue weighted by Gasteiger charge is 2.42. The number of alkyl halides is 3. The third kappa shape index (κ3) is 4.13. The van der Waals surface area contributed by atoms with Crippen LogP contribution in [0.2, 0.25) is 0 Å². The number of anilines is 2. The van der Waals surface area contributed by atoms with Crippen LogP contribution in [0.5, 0.6) is 0 Å². The minimum absolute atomic E-state index is 0.109.